The number of pyridine rings is 1. The fourth-order valence-corrected chi connectivity index (χ4v) is 3.14. The van der Waals surface area contributed by atoms with Gasteiger partial charge in [0.05, 0.1) is 22.7 Å². The number of nitrogens with zero attached hydrogens (tertiary/aromatic N) is 1. The highest BCUT2D eigenvalue weighted by Gasteiger charge is 2.16. The molecule has 0 fully saturated rings. The molecule has 0 aliphatic rings. The van der Waals surface area contributed by atoms with Crippen molar-refractivity contribution in [2.45, 2.75) is 6.92 Å². The number of rotatable bonds is 2. The van der Waals surface area contributed by atoms with Crippen LogP contribution in [0.4, 0.5) is 0 Å². The molecule has 2 rings (SSSR count). The quantitative estimate of drug-likeness (QED) is 0.701. The largest absolute Gasteiger partial charge is 0.462 e. The van der Waals surface area contributed by atoms with Crippen LogP contribution in [0.2, 0.25) is 5.02 Å². The van der Waals surface area contributed by atoms with Gasteiger partial charge in [0, 0.05) is 20.5 Å². The normalized spacial score (nSPS) is 10.7. The maximum absolute atomic E-state index is 11.7. The van der Waals surface area contributed by atoms with Crippen molar-refractivity contribution in [2.24, 2.45) is 0 Å². The zero-order chi connectivity index (χ0) is 13.3. The lowest BCUT2D eigenvalue weighted by Crippen LogP contribution is -2.06. The van der Waals surface area contributed by atoms with E-state index in [1.807, 2.05) is 12.1 Å². The van der Waals surface area contributed by atoms with Gasteiger partial charge in [0.25, 0.3) is 0 Å². The third kappa shape index (κ3) is 2.53. The third-order valence-corrected chi connectivity index (χ3v) is 3.79. The molecule has 6 heteroatoms. The Morgan fingerprint density at radius 2 is 2.17 bits per heavy atom. The van der Waals surface area contributed by atoms with Gasteiger partial charge in [-0.3, -0.25) is 4.98 Å². The lowest BCUT2D eigenvalue weighted by Gasteiger charge is -2.08. The van der Waals surface area contributed by atoms with Gasteiger partial charge in [-0.05, 0) is 35.0 Å². The first-order chi connectivity index (χ1) is 8.54. The van der Waals surface area contributed by atoms with E-state index in [9.17, 15) is 4.79 Å². The summed E-state index contributed by atoms with van der Waals surface area (Å²) in [5.74, 6) is -0.465. The first-order valence-electron chi connectivity index (χ1n) is 5.15. The lowest BCUT2D eigenvalue weighted by atomic mass is 10.1. The molecule has 0 saturated heterocycles. The summed E-state index contributed by atoms with van der Waals surface area (Å²) < 4.78 is 6.59. The number of hydrogen-bond donors (Lipinski definition) is 0. The second-order valence-electron chi connectivity index (χ2n) is 3.49. The summed E-state index contributed by atoms with van der Waals surface area (Å²) in [5, 5.41) is 1.05. The highest BCUT2D eigenvalue weighted by atomic mass is 79.9. The molecule has 0 aliphatic carbocycles. The molecule has 18 heavy (non-hydrogen) atoms. The van der Waals surface area contributed by atoms with Gasteiger partial charge in [0.2, 0.25) is 0 Å². The summed E-state index contributed by atoms with van der Waals surface area (Å²) in [6, 6.07) is 3.69. The minimum atomic E-state index is -0.465. The number of ether oxygens (including phenoxy) is 1. The molecule has 0 N–H and O–H groups in total. The van der Waals surface area contributed by atoms with Crippen molar-refractivity contribution in [1.82, 2.24) is 4.98 Å². The molecule has 1 aromatic carbocycles. The van der Waals surface area contributed by atoms with Crippen LogP contribution >= 0.6 is 43.5 Å². The zero-order valence-electron chi connectivity index (χ0n) is 9.34. The van der Waals surface area contributed by atoms with Gasteiger partial charge in [-0.15, -0.1) is 0 Å². The summed E-state index contributed by atoms with van der Waals surface area (Å²) in [5.41, 5.74) is 0.979. The van der Waals surface area contributed by atoms with Crippen LogP contribution in [0, 0.1) is 0 Å². The van der Waals surface area contributed by atoms with Gasteiger partial charge in [-0.25, -0.2) is 4.79 Å². The predicted molar refractivity (Wildman–Crippen MR) is 78.1 cm³/mol. The second-order valence-corrected chi connectivity index (χ2v) is 5.64. The third-order valence-electron chi connectivity index (χ3n) is 2.32. The lowest BCUT2D eigenvalue weighted by molar-refractivity contribution is 0.0526. The Bertz CT molecular complexity index is 631. The molecular weight excluding hydrogens is 385 g/mol. The minimum absolute atomic E-state index is 0.274. The summed E-state index contributed by atoms with van der Waals surface area (Å²) in [4.78, 5) is 15.9. The highest BCUT2D eigenvalue weighted by molar-refractivity contribution is 9.11. The molecule has 0 atom stereocenters. The average molecular weight is 393 g/mol. The van der Waals surface area contributed by atoms with E-state index < -0.39 is 5.97 Å². The molecule has 1 aromatic heterocycles. The molecule has 94 valence electrons. The zero-order valence-corrected chi connectivity index (χ0v) is 13.3. The van der Waals surface area contributed by atoms with Gasteiger partial charge in [-0.1, -0.05) is 27.5 Å². The van der Waals surface area contributed by atoms with E-state index in [-0.39, 0.29) is 5.56 Å². The van der Waals surface area contributed by atoms with Crippen molar-refractivity contribution in [3.63, 3.8) is 0 Å². The number of carbonyl (C=O) groups is 1. The van der Waals surface area contributed by atoms with Crippen molar-refractivity contribution < 1.29 is 9.53 Å². The summed E-state index contributed by atoms with van der Waals surface area (Å²) in [6.45, 7) is 2.04. The van der Waals surface area contributed by atoms with Gasteiger partial charge in [-0.2, -0.15) is 0 Å². The molecule has 1 heterocycles. The molecule has 3 nitrogen and oxygen atoms in total. The van der Waals surface area contributed by atoms with Gasteiger partial charge < -0.3 is 4.74 Å². The number of benzene rings is 1. The second kappa shape index (κ2) is 5.55. The predicted octanol–water partition coefficient (Wildman–Crippen LogP) is 4.59. The number of esters is 1. The molecule has 0 aliphatic heterocycles. The molecule has 0 amide bonds. The number of halogens is 3. The first kappa shape index (κ1) is 13.8. The topological polar surface area (TPSA) is 39.2 Å². The van der Waals surface area contributed by atoms with Crippen LogP contribution < -0.4 is 0 Å². The fraction of sp³-hybridized carbons (Fsp3) is 0.167. The van der Waals surface area contributed by atoms with E-state index in [1.165, 1.54) is 6.20 Å². The number of aromatic nitrogens is 1. The summed E-state index contributed by atoms with van der Waals surface area (Å²) >= 11 is 13.0. The minimum Gasteiger partial charge on any atom is -0.462 e. The smallest absolute Gasteiger partial charge is 0.341 e. The first-order valence-corrected chi connectivity index (χ1v) is 7.11. The molecule has 0 bridgehead atoms. The van der Waals surface area contributed by atoms with Crippen molar-refractivity contribution in [1.29, 1.82) is 0 Å². The van der Waals surface area contributed by atoms with E-state index in [0.717, 1.165) is 8.95 Å². The molecule has 0 radical (unpaired) electrons. The molecule has 0 saturated carbocycles. The summed E-state index contributed by atoms with van der Waals surface area (Å²) in [7, 11) is 0. The Morgan fingerprint density at radius 3 is 2.83 bits per heavy atom. The van der Waals surface area contributed by atoms with Crippen molar-refractivity contribution in [3.8, 4) is 0 Å². The molecular formula is C12H8Br2ClNO2. The van der Waals surface area contributed by atoms with Gasteiger partial charge in [0.1, 0.15) is 0 Å². The maximum Gasteiger partial charge on any atom is 0.341 e. The Balaban J connectivity index is 2.67. The van der Waals surface area contributed by atoms with Crippen LogP contribution in [0.15, 0.2) is 27.3 Å². The molecule has 0 spiro atoms. The Hall–Kier alpha value is -0.650. The van der Waals surface area contributed by atoms with Crippen molar-refractivity contribution in [3.05, 3.63) is 37.9 Å². The highest BCUT2D eigenvalue weighted by Crippen LogP contribution is 2.33. The van der Waals surface area contributed by atoms with Crippen molar-refractivity contribution >= 4 is 60.3 Å². The molecule has 0 unspecified atom stereocenters. The molecule has 2 aromatic rings. The van der Waals surface area contributed by atoms with E-state index in [2.05, 4.69) is 36.8 Å². The van der Waals surface area contributed by atoms with Crippen LogP contribution in [0.25, 0.3) is 10.9 Å². The van der Waals surface area contributed by atoms with Crippen LogP contribution in [-0.4, -0.2) is 17.6 Å². The number of hydrogen-bond acceptors (Lipinski definition) is 3. The average Bonchev–Trinajstić information content (AvgIpc) is 2.30. The monoisotopic (exact) mass is 391 g/mol. The SMILES string of the molecule is CCOC(=O)c1cnc2c(Br)cc(Br)cc2c1Cl. The Labute approximate surface area is 126 Å². The standard InChI is InChI=1S/C12H8Br2ClNO2/c1-2-18-12(17)8-5-16-11-7(10(8)15)3-6(13)4-9(11)14/h3-5H,2H2,1H3. The Morgan fingerprint density at radius 1 is 1.44 bits per heavy atom. The number of carbonyl (C=O) groups excluding carboxylic acids is 1. The van der Waals surface area contributed by atoms with Crippen LogP contribution in [0.3, 0.4) is 0 Å². The number of fused-ring (bicyclic) bond motifs is 1. The van der Waals surface area contributed by atoms with Crippen LogP contribution in [0.5, 0.6) is 0 Å². The van der Waals surface area contributed by atoms with E-state index in [1.54, 1.807) is 6.92 Å². The van der Waals surface area contributed by atoms with Crippen LogP contribution in [0.1, 0.15) is 17.3 Å². The Kier molecular flexibility index (Phi) is 4.25. The van der Waals surface area contributed by atoms with E-state index in [4.69, 9.17) is 16.3 Å². The van der Waals surface area contributed by atoms with Gasteiger partial charge >= 0.3 is 5.97 Å². The van der Waals surface area contributed by atoms with E-state index >= 15 is 0 Å². The summed E-state index contributed by atoms with van der Waals surface area (Å²) in [6.07, 6.45) is 1.43. The van der Waals surface area contributed by atoms with E-state index in [0.29, 0.717) is 22.5 Å². The van der Waals surface area contributed by atoms with Crippen LogP contribution in [-0.2, 0) is 4.74 Å². The van der Waals surface area contributed by atoms with Crippen molar-refractivity contribution in [2.75, 3.05) is 6.61 Å². The van der Waals surface area contributed by atoms with Gasteiger partial charge in [0.15, 0.2) is 0 Å². The fourth-order valence-electron chi connectivity index (χ4n) is 1.55. The maximum atomic E-state index is 11.7.